The summed E-state index contributed by atoms with van der Waals surface area (Å²) in [6.45, 7) is -3.30. The van der Waals surface area contributed by atoms with E-state index < -0.39 is 36.4 Å². The molecule has 0 N–H and O–H groups in total. The van der Waals surface area contributed by atoms with Crippen molar-refractivity contribution in [1.82, 2.24) is 0 Å². The Morgan fingerprint density at radius 2 is 1.82 bits per heavy atom. The monoisotopic (exact) mass is 276 g/mol. The van der Waals surface area contributed by atoms with E-state index in [4.69, 9.17) is 0 Å². The van der Waals surface area contributed by atoms with Gasteiger partial charge in [-0.15, -0.1) is 12.1 Å². The van der Waals surface area contributed by atoms with Gasteiger partial charge in [-0.3, -0.25) is 0 Å². The van der Waals surface area contributed by atoms with E-state index in [1.807, 2.05) is 0 Å². The Labute approximate surface area is 138 Å². The Morgan fingerprint density at radius 3 is 2.29 bits per heavy atom. The van der Waals surface area contributed by atoms with E-state index >= 15 is 0 Å². The Hall–Kier alpha value is 0.111. The molecule has 1 aromatic rings. The van der Waals surface area contributed by atoms with E-state index in [1.165, 1.54) is 0 Å². The second-order valence-corrected chi connectivity index (χ2v) is 3.10. The summed E-state index contributed by atoms with van der Waals surface area (Å²) in [4.78, 5) is 0. The standard InChI is InChI=1S/C9H7BF5O.K/c1-6(10(13,14)15)5-16-9-3-2-7(11)4-8(9)12;/h2-4H,1,5H2;/q-1;+1. The largest absolute Gasteiger partial charge is 1.00 e. The summed E-state index contributed by atoms with van der Waals surface area (Å²) in [7, 11) is 0. The minimum Gasteiger partial charge on any atom is -0.489 e. The third-order valence-corrected chi connectivity index (χ3v) is 1.77. The van der Waals surface area contributed by atoms with Crippen molar-refractivity contribution in [2.45, 2.75) is 0 Å². The van der Waals surface area contributed by atoms with Gasteiger partial charge in [0.05, 0.1) is 6.61 Å². The van der Waals surface area contributed by atoms with Crippen molar-refractivity contribution >= 4 is 6.98 Å². The molecular weight excluding hydrogens is 269 g/mol. The topological polar surface area (TPSA) is 9.23 Å². The molecule has 1 aromatic carbocycles. The van der Waals surface area contributed by atoms with Crippen LogP contribution in [0, 0.1) is 11.6 Å². The first-order chi connectivity index (χ1) is 7.30. The molecule has 0 bridgehead atoms. The third-order valence-electron chi connectivity index (χ3n) is 1.77. The Kier molecular flexibility index (Phi) is 6.93. The first kappa shape index (κ1) is 17.1. The van der Waals surface area contributed by atoms with Gasteiger partial charge in [0.2, 0.25) is 0 Å². The molecule has 0 atom stereocenters. The molecule has 0 saturated heterocycles. The number of rotatable bonds is 4. The number of ether oxygens (including phenoxy) is 1. The number of halogens is 5. The number of hydrogen-bond donors (Lipinski definition) is 0. The minimum atomic E-state index is -5.20. The van der Waals surface area contributed by atoms with E-state index in [0.29, 0.717) is 6.07 Å². The maximum atomic E-state index is 12.9. The van der Waals surface area contributed by atoms with Gasteiger partial charge in [0.1, 0.15) is 5.82 Å². The van der Waals surface area contributed by atoms with E-state index in [-0.39, 0.29) is 51.4 Å². The van der Waals surface area contributed by atoms with Gasteiger partial charge >= 0.3 is 58.4 Å². The average molecular weight is 276 g/mol. The molecule has 0 unspecified atom stereocenters. The van der Waals surface area contributed by atoms with Crippen molar-refractivity contribution in [2.75, 3.05) is 6.61 Å². The van der Waals surface area contributed by atoms with Crippen LogP contribution in [0.25, 0.3) is 0 Å². The molecule has 0 spiro atoms. The van der Waals surface area contributed by atoms with Crippen LogP contribution in [0.4, 0.5) is 21.7 Å². The molecule has 0 radical (unpaired) electrons. The predicted molar refractivity (Wildman–Crippen MR) is 50.1 cm³/mol. The summed E-state index contributed by atoms with van der Waals surface area (Å²) in [5.41, 5.74) is -1.08. The summed E-state index contributed by atoms with van der Waals surface area (Å²) >= 11 is 0. The van der Waals surface area contributed by atoms with Gasteiger partial charge < -0.3 is 17.7 Å². The zero-order valence-electron chi connectivity index (χ0n) is 9.02. The van der Waals surface area contributed by atoms with E-state index in [0.717, 1.165) is 12.1 Å². The summed E-state index contributed by atoms with van der Waals surface area (Å²) in [5, 5.41) is 0. The molecule has 1 nitrogen and oxygen atoms in total. The fourth-order valence-corrected chi connectivity index (χ4v) is 0.857. The molecule has 8 heteroatoms. The van der Waals surface area contributed by atoms with Crippen LogP contribution in [0.5, 0.6) is 5.75 Å². The van der Waals surface area contributed by atoms with Crippen LogP contribution < -0.4 is 56.1 Å². The van der Waals surface area contributed by atoms with Crippen LogP contribution in [0.1, 0.15) is 0 Å². The van der Waals surface area contributed by atoms with Crippen LogP contribution in [0.3, 0.4) is 0 Å². The molecule has 0 saturated carbocycles. The fraction of sp³-hybridized carbons (Fsp3) is 0.111. The van der Waals surface area contributed by atoms with Crippen molar-refractivity contribution in [3.05, 3.63) is 41.9 Å². The minimum absolute atomic E-state index is 0. The second kappa shape index (κ2) is 6.89. The average Bonchev–Trinajstić information content (AvgIpc) is 2.14. The molecule has 1 rings (SSSR count). The Morgan fingerprint density at radius 1 is 1.24 bits per heavy atom. The molecule has 0 aromatic heterocycles. The smallest absolute Gasteiger partial charge is 0.489 e. The second-order valence-electron chi connectivity index (χ2n) is 3.10. The maximum absolute atomic E-state index is 12.9. The first-order valence-corrected chi connectivity index (χ1v) is 4.26. The Balaban J connectivity index is 0.00000256. The molecular formula is C9H7BF5KO. The Bertz CT molecular complexity index is 407. The van der Waals surface area contributed by atoms with Gasteiger partial charge in [-0.25, -0.2) is 8.78 Å². The molecule has 0 fully saturated rings. The normalized spacial score (nSPS) is 10.6. The molecule has 0 aliphatic rings. The molecule has 17 heavy (non-hydrogen) atoms. The zero-order chi connectivity index (χ0) is 12.3. The van der Waals surface area contributed by atoms with E-state index in [2.05, 4.69) is 11.3 Å². The predicted octanol–water partition coefficient (Wildman–Crippen LogP) is 0.290. The third kappa shape index (κ3) is 5.52. The first-order valence-electron chi connectivity index (χ1n) is 4.26. The van der Waals surface area contributed by atoms with Crippen LogP contribution in [0.2, 0.25) is 0 Å². The van der Waals surface area contributed by atoms with Crippen LogP contribution in [-0.2, 0) is 0 Å². The maximum Gasteiger partial charge on any atom is 1.00 e. The molecule has 0 aliphatic heterocycles. The van der Waals surface area contributed by atoms with Crippen LogP contribution in [0.15, 0.2) is 30.3 Å². The fourth-order valence-electron chi connectivity index (χ4n) is 0.857. The van der Waals surface area contributed by atoms with Gasteiger partial charge in [0.15, 0.2) is 11.6 Å². The summed E-state index contributed by atoms with van der Waals surface area (Å²) in [6, 6.07) is 2.33. The van der Waals surface area contributed by atoms with Crippen molar-refractivity contribution in [3.8, 4) is 5.75 Å². The van der Waals surface area contributed by atoms with Gasteiger partial charge in [-0.1, -0.05) is 0 Å². The molecule has 0 heterocycles. The van der Waals surface area contributed by atoms with Gasteiger partial charge in [0, 0.05) is 6.07 Å². The summed E-state index contributed by atoms with van der Waals surface area (Å²) in [6.07, 6.45) is 0. The van der Waals surface area contributed by atoms with Crippen molar-refractivity contribution < 1.29 is 77.8 Å². The number of hydrogen-bond acceptors (Lipinski definition) is 1. The van der Waals surface area contributed by atoms with Crippen LogP contribution >= 0.6 is 0 Å². The summed E-state index contributed by atoms with van der Waals surface area (Å²) < 4.78 is 66.0. The molecule has 0 aliphatic carbocycles. The molecule has 88 valence electrons. The quantitative estimate of drug-likeness (QED) is 0.567. The van der Waals surface area contributed by atoms with Gasteiger partial charge in [0.25, 0.3) is 0 Å². The van der Waals surface area contributed by atoms with Gasteiger partial charge in [-0.2, -0.15) is 0 Å². The van der Waals surface area contributed by atoms with Crippen molar-refractivity contribution in [3.63, 3.8) is 0 Å². The number of benzene rings is 1. The van der Waals surface area contributed by atoms with Crippen LogP contribution in [-0.4, -0.2) is 13.6 Å². The zero-order valence-corrected chi connectivity index (χ0v) is 12.1. The van der Waals surface area contributed by atoms with Gasteiger partial charge in [-0.05, 0) is 12.1 Å². The molecule has 0 amide bonds. The van der Waals surface area contributed by atoms with Crippen molar-refractivity contribution in [2.24, 2.45) is 0 Å². The van der Waals surface area contributed by atoms with E-state index in [1.54, 1.807) is 0 Å². The van der Waals surface area contributed by atoms with E-state index in [9.17, 15) is 21.7 Å². The SMILES string of the molecule is C=C(COc1ccc(F)cc1F)[B-](F)(F)F.[K+]. The summed E-state index contributed by atoms with van der Waals surface area (Å²) in [5.74, 6) is -2.33. The van der Waals surface area contributed by atoms with Crippen molar-refractivity contribution in [1.29, 1.82) is 0 Å².